The number of hydrogen-bond acceptors (Lipinski definition) is 6. The van der Waals surface area contributed by atoms with Crippen LogP contribution >= 0.6 is 11.6 Å². The Morgan fingerprint density at radius 1 is 1.00 bits per heavy atom. The first-order chi connectivity index (χ1) is 19.0. The van der Waals surface area contributed by atoms with Gasteiger partial charge in [0.05, 0.1) is 23.6 Å². The summed E-state index contributed by atoms with van der Waals surface area (Å²) in [7, 11) is 0. The number of carbonyl (C=O) groups excluding carboxylic acids is 1. The molecule has 3 aliphatic rings. The smallest absolute Gasteiger partial charge is 0.252 e. The minimum atomic E-state index is -0.143. The molecule has 5 aromatic rings. The first-order valence-electron chi connectivity index (χ1n) is 12.8. The first-order valence-corrected chi connectivity index (χ1v) is 13.2. The predicted octanol–water partition coefficient (Wildman–Crippen LogP) is 4.13. The number of nitrogens with zero attached hydrogens (tertiary/aromatic N) is 6. The number of amides is 1. The lowest BCUT2D eigenvalue weighted by atomic mass is 9.99. The van der Waals surface area contributed by atoms with Gasteiger partial charge in [0.2, 0.25) is 5.91 Å². The lowest BCUT2D eigenvalue weighted by Crippen LogP contribution is -2.26. The summed E-state index contributed by atoms with van der Waals surface area (Å²) < 4.78 is 3.45. The standard InChI is InChI=1S/C28H21ClN8O2/c29-17-3-5-23(36-13-31-34-35-36)18(10-17)16-8-24-19-11-20(19)27(37(24)26(39)9-16)28-30-12-22(33-28)15-1-4-21-14(7-15)2-6-25(38)32-21/h1,3-5,7-10,12-13,19-20,27H,2,6,11H2,(H,30,33)(H,32,38)/t19?,20-,27?/m0/s1. The van der Waals surface area contributed by atoms with E-state index in [0.29, 0.717) is 23.3 Å². The number of aromatic amines is 1. The number of halogens is 1. The van der Waals surface area contributed by atoms with E-state index < -0.39 is 0 Å². The van der Waals surface area contributed by atoms with E-state index in [-0.39, 0.29) is 17.5 Å². The van der Waals surface area contributed by atoms with E-state index in [1.54, 1.807) is 16.8 Å². The van der Waals surface area contributed by atoms with Crippen LogP contribution in [0, 0.1) is 5.92 Å². The Kier molecular flexibility index (Phi) is 4.72. The predicted molar refractivity (Wildman–Crippen MR) is 144 cm³/mol. The Balaban J connectivity index is 1.17. The van der Waals surface area contributed by atoms with Crippen molar-refractivity contribution in [2.24, 2.45) is 5.92 Å². The molecule has 1 amide bonds. The van der Waals surface area contributed by atoms with Crippen molar-refractivity contribution < 1.29 is 4.79 Å². The van der Waals surface area contributed by atoms with Gasteiger partial charge in [-0.05, 0) is 82.3 Å². The van der Waals surface area contributed by atoms with Crippen LogP contribution in [0.5, 0.6) is 0 Å². The fraction of sp³-hybridized carbons (Fsp3) is 0.214. The van der Waals surface area contributed by atoms with Crippen molar-refractivity contribution in [2.45, 2.75) is 31.2 Å². The van der Waals surface area contributed by atoms with Gasteiger partial charge in [-0.2, -0.15) is 4.68 Å². The van der Waals surface area contributed by atoms with E-state index in [0.717, 1.165) is 63.7 Å². The van der Waals surface area contributed by atoms with E-state index in [1.165, 1.54) is 6.33 Å². The van der Waals surface area contributed by atoms with Crippen molar-refractivity contribution in [1.82, 2.24) is 34.7 Å². The van der Waals surface area contributed by atoms with Crippen LogP contribution in [0.2, 0.25) is 5.02 Å². The number of fused-ring (bicyclic) bond motifs is 4. The number of aryl methyl sites for hydroxylation is 1. The number of rotatable bonds is 4. The third-order valence-electron chi connectivity index (χ3n) is 8.05. The fourth-order valence-corrected chi connectivity index (χ4v) is 6.33. The second-order valence-electron chi connectivity index (χ2n) is 10.3. The van der Waals surface area contributed by atoms with Crippen LogP contribution in [-0.4, -0.2) is 40.6 Å². The molecule has 0 spiro atoms. The van der Waals surface area contributed by atoms with E-state index in [9.17, 15) is 9.59 Å². The number of tetrazole rings is 1. The minimum absolute atomic E-state index is 0.0496. The van der Waals surface area contributed by atoms with Gasteiger partial charge in [-0.3, -0.25) is 9.59 Å². The molecule has 0 bridgehead atoms. The summed E-state index contributed by atoms with van der Waals surface area (Å²) in [6, 6.07) is 15.1. The average molecular weight is 537 g/mol. The topological polar surface area (TPSA) is 123 Å². The molecule has 11 heteroatoms. The van der Waals surface area contributed by atoms with Gasteiger partial charge in [-0.25, -0.2) is 4.98 Å². The zero-order chi connectivity index (χ0) is 26.2. The van der Waals surface area contributed by atoms with Crippen LogP contribution in [0.25, 0.3) is 28.1 Å². The molecule has 2 aliphatic heterocycles. The maximum Gasteiger partial charge on any atom is 0.252 e. The number of imidazole rings is 1. The summed E-state index contributed by atoms with van der Waals surface area (Å²) in [6.45, 7) is 0. The molecule has 39 heavy (non-hydrogen) atoms. The molecule has 1 saturated carbocycles. The molecule has 1 aliphatic carbocycles. The summed E-state index contributed by atoms with van der Waals surface area (Å²) in [5.41, 5.74) is 7.14. The van der Waals surface area contributed by atoms with E-state index in [1.807, 2.05) is 35.0 Å². The van der Waals surface area contributed by atoms with Crippen LogP contribution in [-0.2, 0) is 11.2 Å². The number of pyridine rings is 1. The lowest BCUT2D eigenvalue weighted by Gasteiger charge is -2.18. The Bertz CT molecular complexity index is 1860. The summed E-state index contributed by atoms with van der Waals surface area (Å²) in [6.07, 6.45) is 5.57. The number of carbonyl (C=O) groups is 1. The number of benzene rings is 2. The Morgan fingerprint density at radius 3 is 2.79 bits per heavy atom. The Hall–Kier alpha value is -4.57. The van der Waals surface area contributed by atoms with Gasteiger partial charge in [0.25, 0.3) is 5.56 Å². The second kappa shape index (κ2) is 8.21. The molecule has 3 atom stereocenters. The Labute approximate surface area is 226 Å². The fourth-order valence-electron chi connectivity index (χ4n) is 6.15. The highest BCUT2D eigenvalue weighted by Gasteiger charge is 2.54. The normalized spacial score (nSPS) is 20.7. The van der Waals surface area contributed by atoms with Crippen LogP contribution in [0.4, 0.5) is 5.69 Å². The van der Waals surface area contributed by atoms with Crippen LogP contribution < -0.4 is 10.9 Å². The van der Waals surface area contributed by atoms with Crippen molar-refractivity contribution >= 4 is 23.2 Å². The molecule has 1 fully saturated rings. The molecule has 3 aromatic heterocycles. The number of aromatic nitrogens is 7. The highest BCUT2D eigenvalue weighted by atomic mass is 35.5. The zero-order valence-electron chi connectivity index (χ0n) is 20.5. The number of hydrogen-bond donors (Lipinski definition) is 2. The minimum Gasteiger partial charge on any atom is -0.340 e. The molecular weight excluding hydrogens is 516 g/mol. The molecule has 8 rings (SSSR count). The van der Waals surface area contributed by atoms with Crippen LogP contribution in [0.3, 0.4) is 0 Å². The maximum absolute atomic E-state index is 13.6. The lowest BCUT2D eigenvalue weighted by molar-refractivity contribution is -0.116. The molecular formula is C28H21ClN8O2. The summed E-state index contributed by atoms with van der Waals surface area (Å²) in [5, 5.41) is 15.0. The number of H-pyrrole nitrogens is 1. The van der Waals surface area contributed by atoms with Gasteiger partial charge in [-0.15, -0.1) is 5.10 Å². The van der Waals surface area contributed by atoms with Crippen molar-refractivity contribution in [2.75, 3.05) is 5.32 Å². The molecule has 2 unspecified atom stereocenters. The third-order valence-corrected chi connectivity index (χ3v) is 8.29. The number of nitrogens with one attached hydrogen (secondary N) is 2. The van der Waals surface area contributed by atoms with E-state index in [2.05, 4.69) is 38.0 Å². The van der Waals surface area contributed by atoms with Gasteiger partial charge >= 0.3 is 0 Å². The Morgan fingerprint density at radius 2 is 1.92 bits per heavy atom. The summed E-state index contributed by atoms with van der Waals surface area (Å²) in [5.74, 6) is 1.46. The molecule has 0 saturated heterocycles. The average Bonchev–Trinajstić information content (AvgIpc) is 3.28. The number of anilines is 1. The van der Waals surface area contributed by atoms with Crippen LogP contribution in [0.15, 0.2) is 65.8 Å². The van der Waals surface area contributed by atoms with E-state index >= 15 is 0 Å². The molecule has 2 N–H and O–H groups in total. The molecule has 0 radical (unpaired) electrons. The largest absolute Gasteiger partial charge is 0.340 e. The summed E-state index contributed by atoms with van der Waals surface area (Å²) >= 11 is 6.35. The molecule has 10 nitrogen and oxygen atoms in total. The zero-order valence-corrected chi connectivity index (χ0v) is 21.3. The molecule has 192 valence electrons. The molecule has 5 heterocycles. The van der Waals surface area contributed by atoms with Gasteiger partial charge in [0, 0.05) is 40.4 Å². The van der Waals surface area contributed by atoms with Gasteiger partial charge in [-0.1, -0.05) is 17.7 Å². The quantitative estimate of drug-likeness (QED) is 0.356. The highest BCUT2D eigenvalue weighted by molar-refractivity contribution is 6.31. The SMILES string of the molecule is O=C1CCc2cc(-c3cnc(C4[C@H]5CC5c5cc(-c6cc(Cl)ccc6-n6cnnn6)cc(=O)n54)[nH]3)ccc2N1. The van der Waals surface area contributed by atoms with Gasteiger partial charge in [0.15, 0.2) is 0 Å². The maximum atomic E-state index is 13.6. The third kappa shape index (κ3) is 3.55. The summed E-state index contributed by atoms with van der Waals surface area (Å²) in [4.78, 5) is 33.5. The highest BCUT2D eigenvalue weighted by Crippen LogP contribution is 2.60. The monoisotopic (exact) mass is 536 g/mol. The first kappa shape index (κ1) is 22.4. The van der Waals surface area contributed by atoms with Crippen LogP contribution in [0.1, 0.15) is 41.9 Å². The van der Waals surface area contributed by atoms with Gasteiger partial charge in [0.1, 0.15) is 12.2 Å². The molecule has 2 aromatic carbocycles. The second-order valence-corrected chi connectivity index (χ2v) is 10.8. The van der Waals surface area contributed by atoms with Crippen molar-refractivity contribution in [3.8, 4) is 28.1 Å². The van der Waals surface area contributed by atoms with Crippen molar-refractivity contribution in [3.05, 3.63) is 93.5 Å². The van der Waals surface area contributed by atoms with Gasteiger partial charge < -0.3 is 14.9 Å². The van der Waals surface area contributed by atoms with Crippen molar-refractivity contribution in [1.29, 1.82) is 0 Å². The van der Waals surface area contributed by atoms with Crippen molar-refractivity contribution in [3.63, 3.8) is 0 Å². The van der Waals surface area contributed by atoms with E-state index in [4.69, 9.17) is 16.6 Å².